The van der Waals surface area contributed by atoms with Crippen LogP contribution in [0.4, 0.5) is 11.4 Å². The van der Waals surface area contributed by atoms with Crippen LogP contribution in [0.3, 0.4) is 0 Å². The van der Waals surface area contributed by atoms with Gasteiger partial charge in [0.05, 0.1) is 0 Å². The van der Waals surface area contributed by atoms with Gasteiger partial charge in [0, 0.05) is 22.5 Å². The van der Waals surface area contributed by atoms with E-state index in [4.69, 9.17) is 0 Å². The van der Waals surface area contributed by atoms with E-state index in [1.165, 1.54) is 16.9 Å². The van der Waals surface area contributed by atoms with Crippen molar-refractivity contribution >= 4 is 11.4 Å². The predicted octanol–water partition coefficient (Wildman–Crippen LogP) is 5.20. The SMILES string of the molecule is CCC(C)(C)Nc1ccc(C)c(NC(C)(C)CC)c1. The van der Waals surface area contributed by atoms with E-state index in [0.29, 0.717) is 0 Å². The molecule has 108 valence electrons. The molecule has 1 aromatic rings. The topological polar surface area (TPSA) is 24.1 Å². The van der Waals surface area contributed by atoms with Gasteiger partial charge in [0.2, 0.25) is 0 Å². The highest BCUT2D eigenvalue weighted by atomic mass is 15.0. The van der Waals surface area contributed by atoms with Gasteiger partial charge < -0.3 is 10.6 Å². The molecule has 0 heterocycles. The Balaban J connectivity index is 2.95. The van der Waals surface area contributed by atoms with Crippen molar-refractivity contribution in [2.75, 3.05) is 10.6 Å². The Hall–Kier alpha value is -1.18. The zero-order valence-corrected chi connectivity index (χ0v) is 13.6. The second-order valence-corrected chi connectivity index (χ2v) is 6.75. The van der Waals surface area contributed by atoms with E-state index in [2.05, 4.69) is 77.3 Å². The lowest BCUT2D eigenvalue weighted by Crippen LogP contribution is -2.31. The highest BCUT2D eigenvalue weighted by Gasteiger charge is 2.17. The van der Waals surface area contributed by atoms with Crippen LogP contribution in [-0.2, 0) is 0 Å². The predicted molar refractivity (Wildman–Crippen MR) is 87.2 cm³/mol. The molecule has 0 aromatic heterocycles. The minimum Gasteiger partial charge on any atom is -0.380 e. The minimum absolute atomic E-state index is 0.129. The number of hydrogen-bond donors (Lipinski definition) is 2. The van der Waals surface area contributed by atoms with E-state index in [9.17, 15) is 0 Å². The summed E-state index contributed by atoms with van der Waals surface area (Å²) in [5.41, 5.74) is 3.97. The zero-order chi connectivity index (χ0) is 14.7. The first-order valence-corrected chi connectivity index (χ1v) is 7.36. The Morgan fingerprint density at radius 2 is 1.42 bits per heavy atom. The van der Waals surface area contributed by atoms with Gasteiger partial charge in [0.15, 0.2) is 0 Å². The lowest BCUT2D eigenvalue weighted by molar-refractivity contribution is 0.544. The molecule has 0 saturated heterocycles. The third-order valence-corrected chi connectivity index (χ3v) is 3.96. The largest absolute Gasteiger partial charge is 0.380 e. The van der Waals surface area contributed by atoms with E-state index >= 15 is 0 Å². The fourth-order valence-corrected chi connectivity index (χ4v) is 1.77. The van der Waals surface area contributed by atoms with Crippen molar-refractivity contribution in [3.8, 4) is 0 Å². The Kier molecular flexibility index (Phi) is 4.89. The van der Waals surface area contributed by atoms with Crippen LogP contribution in [-0.4, -0.2) is 11.1 Å². The van der Waals surface area contributed by atoms with Crippen LogP contribution in [0.5, 0.6) is 0 Å². The van der Waals surface area contributed by atoms with Crippen LogP contribution in [0.15, 0.2) is 18.2 Å². The number of aryl methyl sites for hydroxylation is 1. The lowest BCUT2D eigenvalue weighted by atomic mass is 9.99. The van der Waals surface area contributed by atoms with Crippen molar-refractivity contribution in [1.82, 2.24) is 0 Å². The average Bonchev–Trinajstić information content (AvgIpc) is 2.33. The summed E-state index contributed by atoms with van der Waals surface area (Å²) in [6.45, 7) is 15.5. The zero-order valence-electron chi connectivity index (χ0n) is 13.6. The number of rotatable bonds is 6. The van der Waals surface area contributed by atoms with Crippen LogP contribution in [0.25, 0.3) is 0 Å². The van der Waals surface area contributed by atoms with Crippen molar-refractivity contribution in [3.05, 3.63) is 23.8 Å². The Morgan fingerprint density at radius 1 is 0.895 bits per heavy atom. The minimum atomic E-state index is 0.129. The molecule has 2 N–H and O–H groups in total. The van der Waals surface area contributed by atoms with Crippen molar-refractivity contribution < 1.29 is 0 Å². The molecule has 0 aliphatic rings. The quantitative estimate of drug-likeness (QED) is 0.736. The summed E-state index contributed by atoms with van der Waals surface area (Å²) in [5.74, 6) is 0. The second-order valence-electron chi connectivity index (χ2n) is 6.75. The molecule has 0 aliphatic carbocycles. The van der Waals surface area contributed by atoms with Crippen molar-refractivity contribution in [3.63, 3.8) is 0 Å². The van der Waals surface area contributed by atoms with Crippen molar-refractivity contribution in [2.45, 2.75) is 72.4 Å². The van der Waals surface area contributed by atoms with Gasteiger partial charge in [0.1, 0.15) is 0 Å². The highest BCUT2D eigenvalue weighted by Crippen LogP contribution is 2.27. The summed E-state index contributed by atoms with van der Waals surface area (Å²) in [5, 5.41) is 7.24. The molecule has 0 fully saturated rings. The van der Waals surface area contributed by atoms with Crippen LogP contribution >= 0.6 is 0 Å². The smallest absolute Gasteiger partial charge is 0.0394 e. The number of hydrogen-bond acceptors (Lipinski definition) is 2. The fourth-order valence-electron chi connectivity index (χ4n) is 1.77. The van der Waals surface area contributed by atoms with Gasteiger partial charge in [0.25, 0.3) is 0 Å². The summed E-state index contributed by atoms with van der Waals surface area (Å²) in [7, 11) is 0. The molecule has 0 atom stereocenters. The van der Waals surface area contributed by atoms with Crippen LogP contribution in [0, 0.1) is 6.92 Å². The first-order chi connectivity index (χ1) is 8.69. The maximum atomic E-state index is 3.64. The molecule has 1 aromatic carbocycles. The molecular formula is C17H30N2. The standard InChI is InChI=1S/C17H30N2/c1-8-16(4,5)18-14-11-10-13(3)15(12-14)19-17(6,7)9-2/h10-12,18-19H,8-9H2,1-7H3. The van der Waals surface area contributed by atoms with E-state index in [1.807, 2.05) is 0 Å². The molecule has 0 amide bonds. The van der Waals surface area contributed by atoms with Gasteiger partial charge in [-0.1, -0.05) is 19.9 Å². The van der Waals surface area contributed by atoms with Crippen molar-refractivity contribution in [2.24, 2.45) is 0 Å². The summed E-state index contributed by atoms with van der Waals surface area (Å²) in [6.07, 6.45) is 2.20. The van der Waals surface area contributed by atoms with Gasteiger partial charge in [-0.25, -0.2) is 0 Å². The first kappa shape index (κ1) is 15.9. The van der Waals surface area contributed by atoms with Gasteiger partial charge in [-0.05, 0) is 65.2 Å². The van der Waals surface area contributed by atoms with E-state index < -0.39 is 0 Å². The molecule has 0 saturated carbocycles. The Morgan fingerprint density at radius 3 is 1.95 bits per heavy atom. The Bertz CT molecular complexity index is 419. The normalized spacial score (nSPS) is 12.4. The van der Waals surface area contributed by atoms with Gasteiger partial charge in [-0.3, -0.25) is 0 Å². The molecule has 2 nitrogen and oxygen atoms in total. The van der Waals surface area contributed by atoms with Crippen LogP contribution < -0.4 is 10.6 Å². The molecule has 0 unspecified atom stereocenters. The number of benzene rings is 1. The molecular weight excluding hydrogens is 232 g/mol. The summed E-state index contributed by atoms with van der Waals surface area (Å²) in [6, 6.07) is 6.57. The summed E-state index contributed by atoms with van der Waals surface area (Å²) >= 11 is 0. The molecule has 0 spiro atoms. The number of anilines is 2. The van der Waals surface area contributed by atoms with Gasteiger partial charge in [-0.2, -0.15) is 0 Å². The molecule has 0 radical (unpaired) electrons. The fraction of sp³-hybridized carbons (Fsp3) is 0.647. The third-order valence-electron chi connectivity index (χ3n) is 3.96. The second kappa shape index (κ2) is 5.85. The number of nitrogens with one attached hydrogen (secondary N) is 2. The van der Waals surface area contributed by atoms with Crippen LogP contribution in [0.1, 0.15) is 59.9 Å². The Labute approximate surface area is 119 Å². The van der Waals surface area contributed by atoms with Crippen LogP contribution in [0.2, 0.25) is 0 Å². The highest BCUT2D eigenvalue weighted by molar-refractivity contribution is 5.62. The summed E-state index contributed by atoms with van der Waals surface area (Å²) < 4.78 is 0. The monoisotopic (exact) mass is 262 g/mol. The third kappa shape index (κ3) is 4.77. The van der Waals surface area contributed by atoms with E-state index in [-0.39, 0.29) is 11.1 Å². The first-order valence-electron chi connectivity index (χ1n) is 7.36. The molecule has 0 aliphatic heterocycles. The van der Waals surface area contributed by atoms with Gasteiger partial charge >= 0.3 is 0 Å². The average molecular weight is 262 g/mol. The van der Waals surface area contributed by atoms with Gasteiger partial charge in [-0.15, -0.1) is 0 Å². The summed E-state index contributed by atoms with van der Waals surface area (Å²) in [4.78, 5) is 0. The molecule has 19 heavy (non-hydrogen) atoms. The van der Waals surface area contributed by atoms with E-state index in [0.717, 1.165) is 12.8 Å². The maximum absolute atomic E-state index is 3.64. The lowest BCUT2D eigenvalue weighted by Gasteiger charge is -2.29. The van der Waals surface area contributed by atoms with Crippen molar-refractivity contribution in [1.29, 1.82) is 0 Å². The molecule has 2 heteroatoms. The molecule has 1 rings (SSSR count). The maximum Gasteiger partial charge on any atom is 0.0394 e. The molecule has 0 bridgehead atoms. The van der Waals surface area contributed by atoms with E-state index in [1.54, 1.807) is 0 Å².